The summed E-state index contributed by atoms with van der Waals surface area (Å²) >= 11 is 0. The summed E-state index contributed by atoms with van der Waals surface area (Å²) in [6.07, 6.45) is 5.92. The van der Waals surface area contributed by atoms with Crippen LogP contribution in [0.3, 0.4) is 0 Å². The maximum absolute atomic E-state index is 12.3. The molecule has 0 aliphatic heterocycles. The minimum Gasteiger partial charge on any atom is -0.465 e. The van der Waals surface area contributed by atoms with E-state index in [1.54, 1.807) is 0 Å². The van der Waals surface area contributed by atoms with Gasteiger partial charge in [-0.1, -0.05) is 6.92 Å². The predicted molar refractivity (Wildman–Crippen MR) is 80.2 cm³/mol. The highest BCUT2D eigenvalue weighted by Gasteiger charge is 2.49. The quantitative estimate of drug-likeness (QED) is 0.494. The lowest BCUT2D eigenvalue weighted by molar-refractivity contribution is -0.151. The minimum atomic E-state index is -0.522. The highest BCUT2D eigenvalue weighted by molar-refractivity contribution is 5.81. The first-order valence-electron chi connectivity index (χ1n) is 8.34. The summed E-state index contributed by atoms with van der Waals surface area (Å²) in [5, 5.41) is 3.51. The van der Waals surface area contributed by atoms with Crippen LogP contribution in [0.5, 0.6) is 0 Å². The Morgan fingerprint density at radius 3 is 2.67 bits per heavy atom. The molecule has 2 aliphatic carbocycles. The van der Waals surface area contributed by atoms with E-state index >= 15 is 0 Å². The van der Waals surface area contributed by atoms with Crippen LogP contribution < -0.4 is 5.32 Å². The summed E-state index contributed by atoms with van der Waals surface area (Å²) in [6, 6.07) is 0.487. The van der Waals surface area contributed by atoms with Crippen LogP contribution in [-0.2, 0) is 19.0 Å². The van der Waals surface area contributed by atoms with Crippen LogP contribution in [0, 0.1) is 0 Å². The molecule has 0 aromatic heterocycles. The fourth-order valence-corrected chi connectivity index (χ4v) is 2.93. The van der Waals surface area contributed by atoms with Crippen molar-refractivity contribution in [3.05, 3.63) is 0 Å². The third-order valence-corrected chi connectivity index (χ3v) is 4.12. The summed E-state index contributed by atoms with van der Waals surface area (Å²) in [7, 11) is 0. The molecule has 122 valence electrons. The second-order valence-electron chi connectivity index (χ2n) is 6.07. The molecule has 21 heavy (non-hydrogen) atoms. The Hall–Kier alpha value is -0.650. The van der Waals surface area contributed by atoms with Crippen molar-refractivity contribution in [3.8, 4) is 0 Å². The van der Waals surface area contributed by atoms with E-state index in [1.807, 2.05) is 6.92 Å². The smallest absolute Gasteiger partial charge is 0.326 e. The Morgan fingerprint density at radius 2 is 2.00 bits per heavy atom. The Balaban J connectivity index is 1.78. The third kappa shape index (κ3) is 4.94. The molecule has 0 spiro atoms. The molecule has 1 N–H and O–H groups in total. The first kappa shape index (κ1) is 16.7. The average molecular weight is 299 g/mol. The van der Waals surface area contributed by atoms with E-state index < -0.39 is 5.54 Å². The van der Waals surface area contributed by atoms with E-state index in [0.29, 0.717) is 25.9 Å². The number of hydrogen-bond donors (Lipinski definition) is 1. The molecule has 0 bridgehead atoms. The topological polar surface area (TPSA) is 56.8 Å². The van der Waals surface area contributed by atoms with Crippen molar-refractivity contribution in [2.45, 2.75) is 70.1 Å². The molecule has 2 unspecified atom stereocenters. The molecule has 2 fully saturated rings. The number of esters is 1. The molecular formula is C16H29NO4. The van der Waals surface area contributed by atoms with Gasteiger partial charge >= 0.3 is 5.97 Å². The molecule has 0 amide bonds. The third-order valence-electron chi connectivity index (χ3n) is 4.12. The van der Waals surface area contributed by atoms with Crippen molar-refractivity contribution in [2.75, 3.05) is 26.4 Å². The van der Waals surface area contributed by atoms with Gasteiger partial charge in [0.2, 0.25) is 0 Å². The number of ether oxygens (including phenoxy) is 3. The van der Waals surface area contributed by atoms with E-state index in [0.717, 1.165) is 45.1 Å². The lowest BCUT2D eigenvalue weighted by Crippen LogP contribution is -2.52. The van der Waals surface area contributed by atoms with Crippen molar-refractivity contribution in [3.63, 3.8) is 0 Å². The average Bonchev–Trinajstić information content (AvgIpc) is 3.18. The van der Waals surface area contributed by atoms with Gasteiger partial charge in [0.25, 0.3) is 0 Å². The normalized spacial score (nSPS) is 28.8. The van der Waals surface area contributed by atoms with Crippen LogP contribution >= 0.6 is 0 Å². The summed E-state index contributed by atoms with van der Waals surface area (Å²) in [6.45, 7) is 6.40. The van der Waals surface area contributed by atoms with Gasteiger partial charge in [-0.05, 0) is 39.0 Å². The second-order valence-corrected chi connectivity index (χ2v) is 6.07. The van der Waals surface area contributed by atoms with E-state index in [4.69, 9.17) is 14.2 Å². The Bertz CT molecular complexity index is 332. The van der Waals surface area contributed by atoms with Crippen molar-refractivity contribution >= 4 is 5.97 Å². The van der Waals surface area contributed by atoms with Gasteiger partial charge < -0.3 is 14.2 Å². The van der Waals surface area contributed by atoms with Crippen molar-refractivity contribution in [1.82, 2.24) is 5.32 Å². The number of carbonyl (C=O) groups excluding carboxylic acids is 1. The van der Waals surface area contributed by atoms with Crippen molar-refractivity contribution < 1.29 is 19.0 Å². The van der Waals surface area contributed by atoms with E-state index in [1.165, 1.54) is 0 Å². The van der Waals surface area contributed by atoms with Crippen LogP contribution in [0.25, 0.3) is 0 Å². The maximum atomic E-state index is 12.3. The predicted octanol–water partition coefficient (Wildman–Crippen LogP) is 2.04. The van der Waals surface area contributed by atoms with Crippen LogP contribution in [0.15, 0.2) is 0 Å². The zero-order chi connectivity index (χ0) is 15.1. The number of carbonyl (C=O) groups is 1. The van der Waals surface area contributed by atoms with Crippen molar-refractivity contribution in [2.24, 2.45) is 0 Å². The van der Waals surface area contributed by atoms with Crippen molar-refractivity contribution in [1.29, 1.82) is 0 Å². The Kier molecular flexibility index (Phi) is 6.45. The van der Waals surface area contributed by atoms with Gasteiger partial charge in [-0.15, -0.1) is 0 Å². The van der Waals surface area contributed by atoms with Crippen LogP contribution in [0.4, 0.5) is 0 Å². The van der Waals surface area contributed by atoms with Gasteiger partial charge in [0, 0.05) is 19.1 Å². The van der Waals surface area contributed by atoms with Gasteiger partial charge in [0.1, 0.15) is 5.54 Å². The second kappa shape index (κ2) is 8.11. The lowest BCUT2D eigenvalue weighted by Gasteiger charge is -2.28. The summed E-state index contributed by atoms with van der Waals surface area (Å²) in [5.74, 6) is -0.106. The molecule has 0 aromatic rings. The molecule has 5 heteroatoms. The SMILES string of the molecule is CCCOCCOC1CCC(NC2CC2)(C(=O)OCC)C1. The number of hydrogen-bond acceptors (Lipinski definition) is 5. The Morgan fingerprint density at radius 1 is 1.19 bits per heavy atom. The maximum Gasteiger partial charge on any atom is 0.326 e. The number of rotatable bonds is 10. The molecule has 0 aromatic carbocycles. The summed E-state index contributed by atoms with van der Waals surface area (Å²) in [4.78, 5) is 12.3. The van der Waals surface area contributed by atoms with Gasteiger partial charge in [-0.3, -0.25) is 10.1 Å². The molecule has 2 atom stereocenters. The Labute approximate surface area is 127 Å². The number of nitrogens with one attached hydrogen (secondary N) is 1. The molecule has 5 nitrogen and oxygen atoms in total. The first-order chi connectivity index (χ1) is 10.2. The molecule has 0 saturated heterocycles. The largest absolute Gasteiger partial charge is 0.465 e. The highest BCUT2D eigenvalue weighted by Crippen LogP contribution is 2.36. The zero-order valence-electron chi connectivity index (χ0n) is 13.4. The molecule has 2 rings (SSSR count). The van der Waals surface area contributed by atoms with Gasteiger partial charge in [0.05, 0.1) is 25.9 Å². The fourth-order valence-electron chi connectivity index (χ4n) is 2.93. The molecule has 0 radical (unpaired) electrons. The standard InChI is InChI=1S/C16H29NO4/c1-3-9-19-10-11-21-14-7-8-16(12-14,15(18)20-4-2)17-13-5-6-13/h13-14,17H,3-12H2,1-2H3. The zero-order valence-corrected chi connectivity index (χ0v) is 13.4. The van der Waals surface area contributed by atoms with Crippen LogP contribution in [-0.4, -0.2) is 50.1 Å². The summed E-state index contributed by atoms with van der Waals surface area (Å²) < 4.78 is 16.6. The molecule has 2 saturated carbocycles. The fraction of sp³-hybridized carbons (Fsp3) is 0.938. The summed E-state index contributed by atoms with van der Waals surface area (Å²) in [5.41, 5.74) is -0.522. The monoisotopic (exact) mass is 299 g/mol. The van der Waals surface area contributed by atoms with Gasteiger partial charge in [0.15, 0.2) is 0 Å². The lowest BCUT2D eigenvalue weighted by atomic mass is 9.97. The van der Waals surface area contributed by atoms with Crippen LogP contribution in [0.2, 0.25) is 0 Å². The van der Waals surface area contributed by atoms with E-state index in [2.05, 4.69) is 12.2 Å². The van der Waals surface area contributed by atoms with Crippen LogP contribution in [0.1, 0.15) is 52.4 Å². The minimum absolute atomic E-state index is 0.106. The molecule has 2 aliphatic rings. The molecule has 0 heterocycles. The van der Waals surface area contributed by atoms with E-state index in [-0.39, 0.29) is 12.1 Å². The van der Waals surface area contributed by atoms with E-state index in [9.17, 15) is 4.79 Å². The first-order valence-corrected chi connectivity index (χ1v) is 8.34. The van der Waals surface area contributed by atoms with Gasteiger partial charge in [-0.2, -0.15) is 0 Å². The van der Waals surface area contributed by atoms with Gasteiger partial charge in [-0.25, -0.2) is 0 Å². The molecular weight excluding hydrogens is 270 g/mol. The highest BCUT2D eigenvalue weighted by atomic mass is 16.5.